The van der Waals surface area contributed by atoms with E-state index in [0.29, 0.717) is 6.42 Å². The highest BCUT2D eigenvalue weighted by atomic mass is 35.5. The molecule has 0 aliphatic rings. The number of halogens is 3. The third-order valence-electron chi connectivity index (χ3n) is 0.974. The van der Waals surface area contributed by atoms with Gasteiger partial charge in [0.05, 0.1) is 10.4 Å². The summed E-state index contributed by atoms with van der Waals surface area (Å²) in [5.74, 6) is -0.319. The Labute approximate surface area is 74.9 Å². The van der Waals surface area contributed by atoms with Crippen LogP contribution in [0.2, 0.25) is 0 Å². The normalized spacial score (nSPS) is 15.0. The molecule has 0 aliphatic carbocycles. The molecular weight excluding hydrogens is 194 g/mol. The van der Waals surface area contributed by atoms with Crippen LogP contribution < -0.4 is 0 Å². The van der Waals surface area contributed by atoms with Crippen molar-refractivity contribution in [3.63, 3.8) is 0 Å². The maximum absolute atomic E-state index is 10.9. The fraction of sp³-hybridized carbons (Fsp3) is 0.500. The monoisotopic (exact) mass is 200 g/mol. The van der Waals surface area contributed by atoms with Crippen LogP contribution in [0, 0.1) is 0 Å². The molecule has 0 aromatic heterocycles. The van der Waals surface area contributed by atoms with Crippen LogP contribution in [0.25, 0.3) is 0 Å². The lowest BCUT2D eigenvalue weighted by atomic mass is 10.2. The van der Waals surface area contributed by atoms with Crippen molar-refractivity contribution in [1.29, 1.82) is 0 Å². The number of alkyl halides is 1. The van der Waals surface area contributed by atoms with Crippen LogP contribution >= 0.6 is 34.8 Å². The van der Waals surface area contributed by atoms with Gasteiger partial charge in [0.2, 0.25) is 0 Å². The van der Waals surface area contributed by atoms with Crippen molar-refractivity contribution in [2.75, 3.05) is 0 Å². The number of hydrogen-bond donors (Lipinski definition) is 0. The molecule has 1 nitrogen and oxygen atoms in total. The zero-order valence-corrected chi connectivity index (χ0v) is 7.67. The van der Waals surface area contributed by atoms with Gasteiger partial charge in [-0.2, -0.15) is 0 Å². The highest BCUT2D eigenvalue weighted by Gasteiger charge is 2.15. The van der Waals surface area contributed by atoms with Gasteiger partial charge in [0, 0.05) is 5.54 Å². The summed E-state index contributed by atoms with van der Waals surface area (Å²) in [6.07, 6.45) is 0.557. The van der Waals surface area contributed by atoms with E-state index in [-0.39, 0.29) is 10.8 Å². The van der Waals surface area contributed by atoms with Gasteiger partial charge in [-0.3, -0.25) is 4.79 Å². The van der Waals surface area contributed by atoms with Crippen LogP contribution in [0.3, 0.4) is 0 Å². The van der Waals surface area contributed by atoms with E-state index in [1.807, 2.05) is 0 Å². The molecule has 10 heavy (non-hydrogen) atoms. The zero-order valence-electron chi connectivity index (χ0n) is 5.40. The fourth-order valence-electron chi connectivity index (χ4n) is 0.389. The van der Waals surface area contributed by atoms with E-state index in [1.54, 1.807) is 6.92 Å². The van der Waals surface area contributed by atoms with E-state index in [0.717, 1.165) is 5.54 Å². The third-order valence-corrected chi connectivity index (χ3v) is 2.11. The topological polar surface area (TPSA) is 17.1 Å². The van der Waals surface area contributed by atoms with Gasteiger partial charge in [-0.05, 0) is 6.42 Å². The van der Waals surface area contributed by atoms with Crippen molar-refractivity contribution in [3.8, 4) is 0 Å². The van der Waals surface area contributed by atoms with E-state index in [9.17, 15) is 4.79 Å². The Bertz CT molecular complexity index is 153. The molecule has 0 fully saturated rings. The van der Waals surface area contributed by atoms with Gasteiger partial charge in [0.15, 0.2) is 5.78 Å². The van der Waals surface area contributed by atoms with Crippen molar-refractivity contribution in [1.82, 2.24) is 0 Å². The van der Waals surface area contributed by atoms with Crippen molar-refractivity contribution in [2.45, 2.75) is 18.7 Å². The number of rotatable bonds is 3. The number of ketones is 1. The second kappa shape index (κ2) is 5.00. The van der Waals surface area contributed by atoms with E-state index in [2.05, 4.69) is 0 Å². The minimum atomic E-state index is -0.553. The van der Waals surface area contributed by atoms with Gasteiger partial charge < -0.3 is 0 Å². The Hall–Kier alpha value is 0.280. The first kappa shape index (κ1) is 10.3. The van der Waals surface area contributed by atoms with Crippen LogP contribution in [0.5, 0.6) is 0 Å². The summed E-state index contributed by atoms with van der Waals surface area (Å²) in [6, 6.07) is 0. The van der Waals surface area contributed by atoms with E-state index in [4.69, 9.17) is 34.8 Å². The van der Waals surface area contributed by atoms with Crippen molar-refractivity contribution in [2.24, 2.45) is 0 Å². The third kappa shape index (κ3) is 2.91. The number of carbonyl (C=O) groups is 1. The quantitative estimate of drug-likeness (QED) is 0.507. The molecule has 0 bridgehead atoms. The SMILES string of the molecule is CCC(Cl)C(=O)C(Cl)=CCl. The lowest BCUT2D eigenvalue weighted by Crippen LogP contribution is -2.12. The first-order valence-electron chi connectivity index (χ1n) is 2.77. The maximum atomic E-state index is 10.9. The molecule has 58 valence electrons. The molecule has 0 saturated heterocycles. The zero-order chi connectivity index (χ0) is 8.15. The van der Waals surface area contributed by atoms with E-state index < -0.39 is 5.38 Å². The molecule has 0 aromatic carbocycles. The highest BCUT2D eigenvalue weighted by molar-refractivity contribution is 6.51. The molecule has 0 saturated carbocycles. The Morgan fingerprint density at radius 1 is 1.70 bits per heavy atom. The minimum absolute atomic E-state index is 0.0106. The fourth-order valence-corrected chi connectivity index (χ4v) is 0.801. The Morgan fingerprint density at radius 2 is 2.20 bits per heavy atom. The second-order valence-corrected chi connectivity index (χ2v) is 2.85. The van der Waals surface area contributed by atoms with Crippen molar-refractivity contribution in [3.05, 3.63) is 10.6 Å². The second-order valence-electron chi connectivity index (χ2n) is 1.70. The summed E-state index contributed by atoms with van der Waals surface area (Å²) in [7, 11) is 0. The lowest BCUT2D eigenvalue weighted by Gasteiger charge is -2.01. The van der Waals surface area contributed by atoms with Crippen LogP contribution in [0.4, 0.5) is 0 Å². The first-order valence-corrected chi connectivity index (χ1v) is 4.02. The first-order chi connectivity index (χ1) is 4.63. The molecule has 1 unspecified atom stereocenters. The van der Waals surface area contributed by atoms with Crippen LogP contribution in [0.1, 0.15) is 13.3 Å². The molecule has 1 atom stereocenters. The number of Topliss-reactive ketones (excluding diaryl/α,β-unsaturated/α-hetero) is 1. The molecule has 0 heterocycles. The van der Waals surface area contributed by atoms with Gasteiger partial charge in [0.25, 0.3) is 0 Å². The average molecular weight is 201 g/mol. The largest absolute Gasteiger partial charge is 0.291 e. The number of allylic oxidation sites excluding steroid dienone is 1. The maximum Gasteiger partial charge on any atom is 0.192 e. The summed E-state index contributed by atoms with van der Waals surface area (Å²) < 4.78 is 0. The summed E-state index contributed by atoms with van der Waals surface area (Å²) >= 11 is 16.1. The molecule has 0 N–H and O–H groups in total. The lowest BCUT2D eigenvalue weighted by molar-refractivity contribution is -0.114. The summed E-state index contributed by atoms with van der Waals surface area (Å²) in [5.41, 5.74) is 1.02. The number of hydrogen-bond acceptors (Lipinski definition) is 1. The molecular formula is C6H7Cl3O. The molecule has 0 radical (unpaired) electrons. The van der Waals surface area contributed by atoms with Gasteiger partial charge in [-0.1, -0.05) is 30.1 Å². The van der Waals surface area contributed by atoms with Gasteiger partial charge in [-0.25, -0.2) is 0 Å². The van der Waals surface area contributed by atoms with Gasteiger partial charge in [0.1, 0.15) is 0 Å². The summed E-state index contributed by atoms with van der Waals surface area (Å²) in [5, 5.41) is -0.564. The van der Waals surface area contributed by atoms with Crippen LogP contribution in [-0.2, 0) is 4.79 Å². The smallest absolute Gasteiger partial charge is 0.192 e. The predicted octanol–water partition coefficient (Wildman–Crippen LogP) is 2.89. The van der Waals surface area contributed by atoms with Crippen LogP contribution in [0.15, 0.2) is 10.6 Å². The Morgan fingerprint density at radius 3 is 2.50 bits per heavy atom. The van der Waals surface area contributed by atoms with E-state index >= 15 is 0 Å². The number of carbonyl (C=O) groups excluding carboxylic acids is 1. The van der Waals surface area contributed by atoms with Crippen molar-refractivity contribution < 1.29 is 4.79 Å². The Balaban J connectivity index is 4.08. The molecule has 0 aromatic rings. The molecule has 0 amide bonds. The van der Waals surface area contributed by atoms with Gasteiger partial charge in [-0.15, -0.1) is 11.6 Å². The summed E-state index contributed by atoms with van der Waals surface area (Å²) in [6.45, 7) is 1.80. The molecule has 4 heteroatoms. The average Bonchev–Trinajstić information content (AvgIpc) is 2.00. The molecule has 0 aliphatic heterocycles. The van der Waals surface area contributed by atoms with E-state index in [1.165, 1.54) is 0 Å². The van der Waals surface area contributed by atoms with Crippen molar-refractivity contribution >= 4 is 40.6 Å². The molecule has 0 rings (SSSR count). The standard InChI is InChI=1S/C6H7Cl3O/c1-2-4(8)6(10)5(9)3-7/h3-4H,2H2,1H3. The van der Waals surface area contributed by atoms with Gasteiger partial charge >= 0.3 is 0 Å². The summed E-state index contributed by atoms with van der Waals surface area (Å²) in [4.78, 5) is 10.9. The highest BCUT2D eigenvalue weighted by Crippen LogP contribution is 2.13. The Kier molecular flexibility index (Phi) is 5.14. The minimum Gasteiger partial charge on any atom is -0.291 e. The predicted molar refractivity (Wildman–Crippen MR) is 44.7 cm³/mol. The van der Waals surface area contributed by atoms with Crippen LogP contribution in [-0.4, -0.2) is 11.2 Å². The molecule has 0 spiro atoms.